The normalized spacial score (nSPS) is 10.8. The summed E-state index contributed by atoms with van der Waals surface area (Å²) in [6, 6.07) is 12.6. The van der Waals surface area contributed by atoms with Crippen molar-refractivity contribution in [2.24, 2.45) is 5.73 Å². The third kappa shape index (κ3) is 2.03. The van der Waals surface area contributed by atoms with E-state index in [0.29, 0.717) is 12.1 Å². The Morgan fingerprint density at radius 3 is 2.80 bits per heavy atom. The number of nitrogens with one attached hydrogen (secondary N) is 1. The maximum absolute atomic E-state index is 14.3. The van der Waals surface area contributed by atoms with Crippen LogP contribution in [0.2, 0.25) is 0 Å². The zero-order valence-electron chi connectivity index (χ0n) is 10.7. The fourth-order valence-electron chi connectivity index (χ4n) is 2.23. The molecule has 0 aliphatic heterocycles. The number of benzene rings is 2. The molecule has 0 unspecified atom stereocenters. The summed E-state index contributed by atoms with van der Waals surface area (Å²) in [4.78, 5) is 4.28. The van der Waals surface area contributed by atoms with E-state index >= 15 is 0 Å². The van der Waals surface area contributed by atoms with Crippen LogP contribution in [0.15, 0.2) is 48.8 Å². The Morgan fingerprint density at radius 2 is 2.00 bits per heavy atom. The van der Waals surface area contributed by atoms with E-state index in [9.17, 15) is 4.39 Å². The summed E-state index contributed by atoms with van der Waals surface area (Å²) in [5, 5.41) is 7.37. The molecule has 0 saturated heterocycles. The molecule has 0 bridgehead atoms. The number of halogens is 1. The lowest BCUT2D eigenvalue weighted by atomic mass is 10.1. The lowest BCUT2D eigenvalue weighted by Crippen LogP contribution is -2.15. The first-order valence-electron chi connectivity index (χ1n) is 6.18. The smallest absolute Gasteiger partial charge is 0.139 e. The van der Waals surface area contributed by atoms with Crippen LogP contribution >= 0.6 is 0 Å². The highest BCUT2D eigenvalue weighted by Crippen LogP contribution is 2.17. The van der Waals surface area contributed by atoms with Crippen molar-refractivity contribution in [3.05, 3.63) is 65.7 Å². The van der Waals surface area contributed by atoms with E-state index < -0.39 is 5.82 Å². The van der Waals surface area contributed by atoms with Gasteiger partial charge in [-0.1, -0.05) is 24.3 Å². The van der Waals surface area contributed by atoms with Crippen molar-refractivity contribution in [1.82, 2.24) is 9.55 Å². The molecule has 0 amide bonds. The van der Waals surface area contributed by atoms with Gasteiger partial charge in [-0.25, -0.2) is 9.37 Å². The molecule has 3 N–H and O–H groups in total. The van der Waals surface area contributed by atoms with Gasteiger partial charge in [0.25, 0.3) is 0 Å². The van der Waals surface area contributed by atoms with Gasteiger partial charge in [-0.15, -0.1) is 0 Å². The van der Waals surface area contributed by atoms with Crippen LogP contribution < -0.4 is 5.73 Å². The van der Waals surface area contributed by atoms with E-state index in [4.69, 9.17) is 11.1 Å². The molecule has 2 aromatic carbocycles. The van der Waals surface area contributed by atoms with E-state index in [1.807, 2.05) is 28.8 Å². The largest absolute Gasteiger partial charge is 0.384 e. The second-order valence-electron chi connectivity index (χ2n) is 4.55. The molecule has 0 aliphatic rings. The first-order valence-corrected chi connectivity index (χ1v) is 6.18. The van der Waals surface area contributed by atoms with Crippen LogP contribution in [0.3, 0.4) is 0 Å². The Kier molecular flexibility index (Phi) is 2.95. The minimum absolute atomic E-state index is 0.131. The second-order valence-corrected chi connectivity index (χ2v) is 4.55. The number of nitrogen functional groups attached to an aromatic ring is 1. The average molecular weight is 268 g/mol. The van der Waals surface area contributed by atoms with Crippen LogP contribution in [0.5, 0.6) is 0 Å². The molecular formula is C15H13FN4. The number of nitrogens with two attached hydrogens (primary N) is 1. The summed E-state index contributed by atoms with van der Waals surface area (Å²) >= 11 is 0. The number of hydrogen-bond acceptors (Lipinski definition) is 2. The topological polar surface area (TPSA) is 67.7 Å². The van der Waals surface area contributed by atoms with Crippen LogP contribution in [0.4, 0.5) is 4.39 Å². The molecule has 0 saturated carbocycles. The van der Waals surface area contributed by atoms with Crippen molar-refractivity contribution >= 4 is 16.9 Å². The zero-order valence-corrected chi connectivity index (χ0v) is 10.7. The van der Waals surface area contributed by atoms with Gasteiger partial charge in [-0.05, 0) is 18.2 Å². The molecule has 0 spiro atoms. The van der Waals surface area contributed by atoms with Gasteiger partial charge < -0.3 is 10.3 Å². The van der Waals surface area contributed by atoms with Gasteiger partial charge in [0.2, 0.25) is 0 Å². The molecule has 100 valence electrons. The van der Waals surface area contributed by atoms with Gasteiger partial charge in [0, 0.05) is 5.56 Å². The second kappa shape index (κ2) is 4.77. The molecule has 0 aliphatic carbocycles. The average Bonchev–Trinajstić information content (AvgIpc) is 2.84. The van der Waals surface area contributed by atoms with Crippen molar-refractivity contribution in [2.45, 2.75) is 6.54 Å². The lowest BCUT2D eigenvalue weighted by Gasteiger charge is -2.08. The number of imidazole rings is 1. The van der Waals surface area contributed by atoms with Crippen LogP contribution in [-0.4, -0.2) is 15.4 Å². The van der Waals surface area contributed by atoms with Crippen molar-refractivity contribution < 1.29 is 4.39 Å². The number of amidine groups is 1. The summed E-state index contributed by atoms with van der Waals surface area (Å²) < 4.78 is 16.1. The third-order valence-electron chi connectivity index (χ3n) is 3.24. The number of nitrogens with zero attached hydrogens (tertiary/aromatic N) is 2. The predicted molar refractivity (Wildman–Crippen MR) is 76.3 cm³/mol. The number of para-hydroxylation sites is 2. The highest BCUT2D eigenvalue weighted by atomic mass is 19.1. The molecule has 5 heteroatoms. The summed E-state index contributed by atoms with van der Waals surface area (Å²) in [5.74, 6) is -0.711. The standard InChI is InChI=1S/C15H13FN4/c16-14-10(4-3-5-11(14)15(17)18)8-20-9-19-12-6-1-2-7-13(12)20/h1-7,9H,8H2,(H3,17,18). The summed E-state index contributed by atoms with van der Waals surface area (Å²) in [5.41, 5.74) is 7.81. The van der Waals surface area contributed by atoms with Crippen LogP contribution in [0, 0.1) is 11.2 Å². The SMILES string of the molecule is N=C(N)c1cccc(Cn2cnc3ccccc32)c1F. The van der Waals surface area contributed by atoms with E-state index in [-0.39, 0.29) is 11.4 Å². The Hall–Kier alpha value is -2.69. The van der Waals surface area contributed by atoms with Crippen LogP contribution in [0.1, 0.15) is 11.1 Å². The summed E-state index contributed by atoms with van der Waals surface area (Å²) in [7, 11) is 0. The molecule has 4 nitrogen and oxygen atoms in total. The number of aromatic nitrogens is 2. The van der Waals surface area contributed by atoms with E-state index in [0.717, 1.165) is 11.0 Å². The fraction of sp³-hybridized carbons (Fsp3) is 0.0667. The van der Waals surface area contributed by atoms with Crippen molar-refractivity contribution in [3.63, 3.8) is 0 Å². The molecule has 0 atom stereocenters. The van der Waals surface area contributed by atoms with Crippen molar-refractivity contribution in [3.8, 4) is 0 Å². The maximum Gasteiger partial charge on any atom is 0.139 e. The Bertz CT molecular complexity index is 791. The third-order valence-corrected chi connectivity index (χ3v) is 3.24. The van der Waals surface area contributed by atoms with Gasteiger partial charge in [-0.3, -0.25) is 5.41 Å². The van der Waals surface area contributed by atoms with Crippen molar-refractivity contribution in [2.75, 3.05) is 0 Å². The van der Waals surface area contributed by atoms with E-state index in [1.54, 1.807) is 18.5 Å². The Labute approximate surface area is 115 Å². The minimum atomic E-state index is -0.446. The van der Waals surface area contributed by atoms with Gasteiger partial charge in [0.05, 0.1) is 29.5 Å². The molecule has 1 heterocycles. The highest BCUT2D eigenvalue weighted by molar-refractivity contribution is 5.95. The van der Waals surface area contributed by atoms with Crippen LogP contribution in [-0.2, 0) is 6.54 Å². The first kappa shape index (κ1) is 12.3. The quantitative estimate of drug-likeness (QED) is 0.566. The maximum atomic E-state index is 14.3. The molecule has 0 radical (unpaired) electrons. The monoisotopic (exact) mass is 268 g/mol. The minimum Gasteiger partial charge on any atom is -0.384 e. The number of rotatable bonds is 3. The summed E-state index contributed by atoms with van der Waals surface area (Å²) in [6.45, 7) is 0.355. The molecule has 3 rings (SSSR count). The molecule has 20 heavy (non-hydrogen) atoms. The van der Waals surface area contributed by atoms with Gasteiger partial charge in [0.15, 0.2) is 0 Å². The molecule has 1 aromatic heterocycles. The molecule has 0 fully saturated rings. The first-order chi connectivity index (χ1) is 9.66. The van der Waals surface area contributed by atoms with Crippen LogP contribution in [0.25, 0.3) is 11.0 Å². The summed E-state index contributed by atoms with van der Waals surface area (Å²) in [6.07, 6.45) is 1.69. The van der Waals surface area contributed by atoms with Crippen molar-refractivity contribution in [1.29, 1.82) is 5.41 Å². The van der Waals surface area contributed by atoms with E-state index in [2.05, 4.69) is 4.98 Å². The number of hydrogen-bond donors (Lipinski definition) is 2. The highest BCUT2D eigenvalue weighted by Gasteiger charge is 2.11. The fourth-order valence-corrected chi connectivity index (χ4v) is 2.23. The Morgan fingerprint density at radius 1 is 1.20 bits per heavy atom. The van der Waals surface area contributed by atoms with Gasteiger partial charge >= 0.3 is 0 Å². The number of fused-ring (bicyclic) bond motifs is 1. The zero-order chi connectivity index (χ0) is 14.1. The molecular weight excluding hydrogens is 255 g/mol. The predicted octanol–water partition coefficient (Wildman–Crippen LogP) is 2.51. The lowest BCUT2D eigenvalue weighted by molar-refractivity contribution is 0.599. The van der Waals surface area contributed by atoms with E-state index in [1.165, 1.54) is 6.07 Å². The van der Waals surface area contributed by atoms with Gasteiger partial charge in [-0.2, -0.15) is 0 Å². The van der Waals surface area contributed by atoms with Gasteiger partial charge in [0.1, 0.15) is 11.7 Å². The Balaban J connectivity index is 2.03. The molecule has 3 aromatic rings.